The van der Waals surface area contributed by atoms with Crippen LogP contribution in [0.15, 0.2) is 29.3 Å². The van der Waals surface area contributed by atoms with Crippen LogP contribution in [-0.4, -0.2) is 48.1 Å². The number of primary amides is 1. The number of nitrogens with one attached hydrogen (secondary N) is 1. The summed E-state index contributed by atoms with van der Waals surface area (Å²) >= 11 is 0. The van der Waals surface area contributed by atoms with E-state index in [1.807, 2.05) is 12.1 Å². The standard InChI is InChI=1S/C18H28N4O2/c1-2-20-18(21-9-8-14-5-3-7-16(23)11-14)22-10-4-6-15(13-22)12-17(19)24/h3,5,7,11,15,23H,2,4,6,8-10,12-13H2,1H3,(H2,19,24)(H,20,21). The number of aromatic hydroxyl groups is 1. The summed E-state index contributed by atoms with van der Waals surface area (Å²) in [6.07, 6.45) is 3.32. The van der Waals surface area contributed by atoms with Crippen LogP contribution in [0.4, 0.5) is 0 Å². The SMILES string of the molecule is CCNC(=NCCc1cccc(O)c1)N1CCCC(CC(N)=O)C1. The number of benzene rings is 1. The lowest BCUT2D eigenvalue weighted by Crippen LogP contribution is -2.47. The highest BCUT2D eigenvalue weighted by molar-refractivity contribution is 5.80. The minimum absolute atomic E-state index is 0.229. The van der Waals surface area contributed by atoms with E-state index in [1.165, 1.54) is 0 Å². The van der Waals surface area contributed by atoms with Crippen molar-refractivity contribution >= 4 is 11.9 Å². The van der Waals surface area contributed by atoms with E-state index < -0.39 is 0 Å². The summed E-state index contributed by atoms with van der Waals surface area (Å²) in [7, 11) is 0. The van der Waals surface area contributed by atoms with Crippen molar-refractivity contribution in [2.45, 2.75) is 32.6 Å². The lowest BCUT2D eigenvalue weighted by Gasteiger charge is -2.34. The molecule has 0 saturated carbocycles. The first kappa shape index (κ1) is 18.1. The molecule has 0 aromatic heterocycles. The molecule has 0 aliphatic carbocycles. The van der Waals surface area contributed by atoms with Crippen LogP contribution in [0, 0.1) is 5.92 Å². The van der Waals surface area contributed by atoms with Crippen molar-refractivity contribution in [3.63, 3.8) is 0 Å². The number of aliphatic imine (C=N–C) groups is 1. The number of guanidine groups is 1. The van der Waals surface area contributed by atoms with Gasteiger partial charge in [0, 0.05) is 32.6 Å². The molecule has 6 heteroatoms. The molecule has 1 aromatic carbocycles. The topological polar surface area (TPSA) is 91.0 Å². The number of nitrogens with two attached hydrogens (primary N) is 1. The third-order valence-corrected chi connectivity index (χ3v) is 4.22. The molecule has 1 aliphatic heterocycles. The van der Waals surface area contributed by atoms with Crippen molar-refractivity contribution < 1.29 is 9.90 Å². The number of likely N-dealkylation sites (tertiary alicyclic amines) is 1. The van der Waals surface area contributed by atoms with Crippen molar-refractivity contribution in [1.29, 1.82) is 0 Å². The van der Waals surface area contributed by atoms with Crippen LogP contribution >= 0.6 is 0 Å². The van der Waals surface area contributed by atoms with Gasteiger partial charge in [-0.2, -0.15) is 0 Å². The van der Waals surface area contributed by atoms with Crippen molar-refractivity contribution in [2.75, 3.05) is 26.2 Å². The Hall–Kier alpha value is -2.24. The summed E-state index contributed by atoms with van der Waals surface area (Å²) in [5.74, 6) is 1.26. The Morgan fingerprint density at radius 2 is 2.33 bits per heavy atom. The van der Waals surface area contributed by atoms with Gasteiger partial charge >= 0.3 is 0 Å². The van der Waals surface area contributed by atoms with Crippen LogP contribution in [0.25, 0.3) is 0 Å². The van der Waals surface area contributed by atoms with Gasteiger partial charge in [-0.15, -0.1) is 0 Å². The minimum atomic E-state index is -0.229. The molecular formula is C18H28N4O2. The number of piperidine rings is 1. The van der Waals surface area contributed by atoms with Gasteiger partial charge in [-0.05, 0) is 49.8 Å². The largest absolute Gasteiger partial charge is 0.508 e. The molecular weight excluding hydrogens is 304 g/mol. The Bertz CT molecular complexity index is 574. The number of rotatable bonds is 6. The van der Waals surface area contributed by atoms with E-state index in [4.69, 9.17) is 10.7 Å². The van der Waals surface area contributed by atoms with Crippen LogP contribution in [0.5, 0.6) is 5.75 Å². The Labute approximate surface area is 143 Å². The molecule has 1 unspecified atom stereocenters. The molecule has 1 atom stereocenters. The van der Waals surface area contributed by atoms with Crippen molar-refractivity contribution in [3.8, 4) is 5.75 Å². The third-order valence-electron chi connectivity index (χ3n) is 4.22. The number of nitrogens with zero attached hydrogens (tertiary/aromatic N) is 2. The fourth-order valence-corrected chi connectivity index (χ4v) is 3.14. The van der Waals surface area contributed by atoms with Crippen molar-refractivity contribution in [3.05, 3.63) is 29.8 Å². The summed E-state index contributed by atoms with van der Waals surface area (Å²) in [6.45, 7) is 5.29. The predicted octanol–water partition coefficient (Wildman–Crippen LogP) is 1.49. The van der Waals surface area contributed by atoms with Gasteiger partial charge in [0.15, 0.2) is 5.96 Å². The maximum atomic E-state index is 11.2. The summed E-state index contributed by atoms with van der Waals surface area (Å²) in [5.41, 5.74) is 6.41. The van der Waals surface area contributed by atoms with E-state index in [2.05, 4.69) is 17.1 Å². The van der Waals surface area contributed by atoms with Crippen LogP contribution in [0.2, 0.25) is 0 Å². The average molecular weight is 332 g/mol. The molecule has 1 saturated heterocycles. The molecule has 132 valence electrons. The maximum Gasteiger partial charge on any atom is 0.217 e. The number of carbonyl (C=O) groups is 1. The smallest absolute Gasteiger partial charge is 0.217 e. The number of phenols is 1. The van der Waals surface area contributed by atoms with Crippen LogP contribution in [0.3, 0.4) is 0 Å². The van der Waals surface area contributed by atoms with Crippen LogP contribution < -0.4 is 11.1 Å². The van der Waals surface area contributed by atoms with Gasteiger partial charge in [0.1, 0.15) is 5.75 Å². The zero-order chi connectivity index (χ0) is 17.4. The Morgan fingerprint density at radius 1 is 1.50 bits per heavy atom. The summed E-state index contributed by atoms with van der Waals surface area (Å²) in [4.78, 5) is 18.1. The lowest BCUT2D eigenvalue weighted by molar-refractivity contribution is -0.119. The molecule has 0 bridgehead atoms. The highest BCUT2D eigenvalue weighted by atomic mass is 16.3. The molecule has 4 N–H and O–H groups in total. The maximum absolute atomic E-state index is 11.2. The first-order chi connectivity index (χ1) is 11.6. The fraction of sp³-hybridized carbons (Fsp3) is 0.556. The van der Waals surface area contributed by atoms with Gasteiger partial charge in [0.05, 0.1) is 0 Å². The van der Waals surface area contributed by atoms with E-state index >= 15 is 0 Å². The molecule has 1 aromatic rings. The van der Waals surface area contributed by atoms with Gasteiger partial charge in [-0.25, -0.2) is 0 Å². The molecule has 0 spiro atoms. The number of hydrogen-bond donors (Lipinski definition) is 3. The van der Waals surface area contributed by atoms with Gasteiger partial charge in [-0.3, -0.25) is 9.79 Å². The van der Waals surface area contributed by atoms with Gasteiger partial charge in [0.25, 0.3) is 0 Å². The van der Waals surface area contributed by atoms with Gasteiger partial charge < -0.3 is 21.1 Å². The quantitative estimate of drug-likeness (QED) is 0.544. The second-order valence-corrected chi connectivity index (χ2v) is 6.28. The summed E-state index contributed by atoms with van der Waals surface area (Å²) < 4.78 is 0. The number of hydrogen-bond acceptors (Lipinski definition) is 3. The van der Waals surface area contributed by atoms with Gasteiger partial charge in [-0.1, -0.05) is 12.1 Å². The second-order valence-electron chi connectivity index (χ2n) is 6.28. The first-order valence-corrected chi connectivity index (χ1v) is 8.68. The molecule has 1 aliphatic rings. The molecule has 2 rings (SSSR count). The monoisotopic (exact) mass is 332 g/mol. The van der Waals surface area contributed by atoms with Gasteiger partial charge in [0.2, 0.25) is 5.91 Å². The molecule has 24 heavy (non-hydrogen) atoms. The zero-order valence-electron chi connectivity index (χ0n) is 14.4. The van der Waals surface area contributed by atoms with E-state index in [1.54, 1.807) is 12.1 Å². The lowest BCUT2D eigenvalue weighted by atomic mass is 9.95. The van der Waals surface area contributed by atoms with Crippen molar-refractivity contribution in [2.24, 2.45) is 16.6 Å². The van der Waals surface area contributed by atoms with E-state index in [0.717, 1.165) is 50.4 Å². The van der Waals surface area contributed by atoms with Crippen LogP contribution in [0.1, 0.15) is 31.7 Å². The molecule has 0 radical (unpaired) electrons. The second kappa shape index (κ2) is 9.15. The number of amides is 1. The minimum Gasteiger partial charge on any atom is -0.508 e. The first-order valence-electron chi connectivity index (χ1n) is 8.68. The van der Waals surface area contributed by atoms with Crippen molar-refractivity contribution in [1.82, 2.24) is 10.2 Å². The Balaban J connectivity index is 1.95. The third kappa shape index (κ3) is 5.76. The normalized spacial score (nSPS) is 18.5. The summed E-state index contributed by atoms with van der Waals surface area (Å²) in [5, 5.41) is 12.9. The van der Waals surface area contributed by atoms with E-state index in [0.29, 0.717) is 18.9 Å². The highest BCUT2D eigenvalue weighted by Gasteiger charge is 2.23. The average Bonchev–Trinajstić information content (AvgIpc) is 2.54. The molecule has 1 amide bonds. The Morgan fingerprint density at radius 3 is 3.04 bits per heavy atom. The Kier molecular flexibility index (Phi) is 6.90. The molecule has 1 heterocycles. The fourth-order valence-electron chi connectivity index (χ4n) is 3.14. The number of carbonyl (C=O) groups excluding carboxylic acids is 1. The van der Waals surface area contributed by atoms with E-state index in [-0.39, 0.29) is 11.7 Å². The predicted molar refractivity (Wildman–Crippen MR) is 95.9 cm³/mol. The zero-order valence-corrected chi connectivity index (χ0v) is 14.4. The number of phenolic OH excluding ortho intramolecular Hbond substituents is 1. The molecule has 1 fully saturated rings. The highest BCUT2D eigenvalue weighted by Crippen LogP contribution is 2.19. The van der Waals surface area contributed by atoms with E-state index in [9.17, 15) is 9.90 Å². The molecule has 6 nitrogen and oxygen atoms in total. The summed E-state index contributed by atoms with van der Waals surface area (Å²) in [6, 6.07) is 7.28. The van der Waals surface area contributed by atoms with Crippen LogP contribution in [-0.2, 0) is 11.2 Å².